The van der Waals surface area contributed by atoms with Crippen LogP contribution in [0.5, 0.6) is 0 Å². The molecule has 0 spiro atoms. The van der Waals surface area contributed by atoms with Crippen molar-refractivity contribution in [3.63, 3.8) is 0 Å². The standard InChI is InChI=1S/C20H23BN2O2/c1-19(2)20(3,4)25-21(24-19)17-11-8-12-18-16(17)13-22-23(18)14-15-9-6-5-7-10-15/h5-13H,14H2,1-4H3. The van der Waals surface area contributed by atoms with Gasteiger partial charge in [0.1, 0.15) is 0 Å². The lowest BCUT2D eigenvalue weighted by Crippen LogP contribution is -2.41. The predicted molar refractivity (Wildman–Crippen MR) is 101 cm³/mol. The maximum atomic E-state index is 6.23. The van der Waals surface area contributed by atoms with E-state index in [1.165, 1.54) is 5.56 Å². The molecule has 1 aliphatic rings. The van der Waals surface area contributed by atoms with Gasteiger partial charge in [-0.05, 0) is 44.8 Å². The summed E-state index contributed by atoms with van der Waals surface area (Å²) in [5, 5.41) is 5.68. The van der Waals surface area contributed by atoms with Crippen molar-refractivity contribution in [2.75, 3.05) is 0 Å². The second kappa shape index (κ2) is 5.72. The Bertz CT molecular complexity index is 886. The minimum absolute atomic E-state index is 0.347. The molecule has 1 aliphatic heterocycles. The van der Waals surface area contributed by atoms with E-state index >= 15 is 0 Å². The van der Waals surface area contributed by atoms with Crippen LogP contribution in [0.15, 0.2) is 54.7 Å². The van der Waals surface area contributed by atoms with Gasteiger partial charge in [-0.15, -0.1) is 0 Å². The van der Waals surface area contributed by atoms with E-state index in [1.54, 1.807) is 0 Å². The van der Waals surface area contributed by atoms with Crippen LogP contribution < -0.4 is 5.46 Å². The number of rotatable bonds is 3. The topological polar surface area (TPSA) is 36.3 Å². The van der Waals surface area contributed by atoms with Crippen molar-refractivity contribution >= 4 is 23.5 Å². The summed E-state index contributed by atoms with van der Waals surface area (Å²) in [6, 6.07) is 16.6. The van der Waals surface area contributed by atoms with E-state index in [2.05, 4.69) is 69.2 Å². The summed E-state index contributed by atoms with van der Waals surface area (Å²) >= 11 is 0. The molecule has 0 bridgehead atoms. The molecule has 1 fully saturated rings. The molecular weight excluding hydrogens is 311 g/mol. The zero-order chi connectivity index (χ0) is 17.7. The molecule has 0 N–H and O–H groups in total. The van der Waals surface area contributed by atoms with E-state index in [1.807, 2.05) is 23.0 Å². The van der Waals surface area contributed by atoms with Crippen LogP contribution in [-0.2, 0) is 15.9 Å². The summed E-state index contributed by atoms with van der Waals surface area (Å²) < 4.78 is 14.5. The molecule has 3 aromatic rings. The summed E-state index contributed by atoms with van der Waals surface area (Å²) in [6.45, 7) is 9.05. The van der Waals surface area contributed by atoms with Gasteiger partial charge in [0.05, 0.1) is 29.5 Å². The fourth-order valence-electron chi connectivity index (χ4n) is 3.18. The second-order valence-corrected chi connectivity index (χ2v) is 7.66. The van der Waals surface area contributed by atoms with E-state index in [0.717, 1.165) is 22.9 Å². The molecule has 25 heavy (non-hydrogen) atoms. The Balaban J connectivity index is 1.71. The minimum Gasteiger partial charge on any atom is -0.399 e. The van der Waals surface area contributed by atoms with Crippen molar-refractivity contribution in [3.05, 3.63) is 60.3 Å². The smallest absolute Gasteiger partial charge is 0.399 e. The molecule has 0 amide bonds. The van der Waals surface area contributed by atoms with Gasteiger partial charge in [-0.3, -0.25) is 4.68 Å². The lowest BCUT2D eigenvalue weighted by Gasteiger charge is -2.32. The van der Waals surface area contributed by atoms with Crippen LogP contribution in [0.1, 0.15) is 33.3 Å². The highest BCUT2D eigenvalue weighted by atomic mass is 16.7. The van der Waals surface area contributed by atoms with Crippen LogP contribution in [0.3, 0.4) is 0 Å². The Morgan fingerprint density at radius 2 is 1.60 bits per heavy atom. The van der Waals surface area contributed by atoms with Crippen molar-refractivity contribution in [1.29, 1.82) is 0 Å². The monoisotopic (exact) mass is 334 g/mol. The first-order chi connectivity index (χ1) is 11.9. The summed E-state index contributed by atoms with van der Waals surface area (Å²) in [6.07, 6.45) is 1.92. The molecule has 0 saturated carbocycles. The lowest BCUT2D eigenvalue weighted by molar-refractivity contribution is 0.00578. The molecule has 0 atom stereocenters. The van der Waals surface area contributed by atoms with Gasteiger partial charge in [0, 0.05) is 5.39 Å². The summed E-state index contributed by atoms with van der Waals surface area (Å²) in [4.78, 5) is 0. The van der Waals surface area contributed by atoms with Gasteiger partial charge in [-0.2, -0.15) is 5.10 Å². The third-order valence-corrected chi connectivity index (χ3v) is 5.40. The number of fused-ring (bicyclic) bond motifs is 1. The summed E-state index contributed by atoms with van der Waals surface area (Å²) in [7, 11) is -0.372. The van der Waals surface area contributed by atoms with Crippen LogP contribution in [0, 0.1) is 0 Å². The van der Waals surface area contributed by atoms with E-state index in [0.29, 0.717) is 0 Å². The first-order valence-corrected chi connectivity index (χ1v) is 8.71. The lowest BCUT2D eigenvalue weighted by atomic mass is 9.77. The van der Waals surface area contributed by atoms with Gasteiger partial charge in [0.25, 0.3) is 0 Å². The number of hydrogen-bond acceptors (Lipinski definition) is 3. The fraction of sp³-hybridized carbons (Fsp3) is 0.350. The zero-order valence-electron chi connectivity index (χ0n) is 15.2. The van der Waals surface area contributed by atoms with Gasteiger partial charge in [0.2, 0.25) is 0 Å². The van der Waals surface area contributed by atoms with Crippen molar-refractivity contribution in [1.82, 2.24) is 9.78 Å². The van der Waals surface area contributed by atoms with Gasteiger partial charge in [-0.1, -0.05) is 42.5 Å². The molecule has 4 rings (SSSR count). The molecule has 128 valence electrons. The van der Waals surface area contributed by atoms with Crippen LogP contribution in [0.2, 0.25) is 0 Å². The van der Waals surface area contributed by atoms with Crippen LogP contribution in [-0.4, -0.2) is 28.1 Å². The molecule has 5 heteroatoms. The normalized spacial score (nSPS) is 18.8. The van der Waals surface area contributed by atoms with Crippen molar-refractivity contribution in [2.45, 2.75) is 45.4 Å². The SMILES string of the molecule is CC1(C)OB(c2cccc3c2cnn3Cc2ccccc2)OC1(C)C. The largest absolute Gasteiger partial charge is 0.495 e. The predicted octanol–water partition coefficient (Wildman–Crippen LogP) is 3.38. The fourth-order valence-corrected chi connectivity index (χ4v) is 3.18. The van der Waals surface area contributed by atoms with Crippen LogP contribution in [0.25, 0.3) is 10.9 Å². The van der Waals surface area contributed by atoms with E-state index in [9.17, 15) is 0 Å². The molecule has 0 radical (unpaired) electrons. The minimum atomic E-state index is -0.372. The van der Waals surface area contributed by atoms with Crippen LogP contribution in [0.4, 0.5) is 0 Å². The molecule has 1 saturated heterocycles. The van der Waals surface area contributed by atoms with E-state index in [-0.39, 0.29) is 18.3 Å². The average Bonchev–Trinajstić information content (AvgIpc) is 3.06. The Morgan fingerprint density at radius 3 is 2.28 bits per heavy atom. The van der Waals surface area contributed by atoms with Crippen molar-refractivity contribution in [2.24, 2.45) is 0 Å². The molecule has 0 aliphatic carbocycles. The molecule has 1 aromatic heterocycles. The van der Waals surface area contributed by atoms with Crippen molar-refractivity contribution in [3.8, 4) is 0 Å². The molecule has 4 nitrogen and oxygen atoms in total. The molecule has 2 aromatic carbocycles. The van der Waals surface area contributed by atoms with Crippen LogP contribution >= 0.6 is 0 Å². The molecular formula is C20H23BN2O2. The number of nitrogens with zero attached hydrogens (tertiary/aromatic N) is 2. The van der Waals surface area contributed by atoms with Gasteiger partial charge >= 0.3 is 7.12 Å². The van der Waals surface area contributed by atoms with Crippen molar-refractivity contribution < 1.29 is 9.31 Å². The first kappa shape index (κ1) is 16.4. The first-order valence-electron chi connectivity index (χ1n) is 8.71. The quantitative estimate of drug-likeness (QED) is 0.689. The maximum absolute atomic E-state index is 6.23. The average molecular weight is 334 g/mol. The Kier molecular flexibility index (Phi) is 3.74. The van der Waals surface area contributed by atoms with E-state index in [4.69, 9.17) is 9.31 Å². The number of aromatic nitrogens is 2. The summed E-state index contributed by atoms with van der Waals surface area (Å²) in [5.74, 6) is 0. The number of benzene rings is 2. The Hall–Kier alpha value is -2.11. The second-order valence-electron chi connectivity index (χ2n) is 7.66. The third kappa shape index (κ3) is 2.77. The maximum Gasteiger partial charge on any atom is 0.495 e. The Morgan fingerprint density at radius 1 is 0.920 bits per heavy atom. The van der Waals surface area contributed by atoms with E-state index < -0.39 is 0 Å². The highest BCUT2D eigenvalue weighted by Crippen LogP contribution is 2.37. The highest BCUT2D eigenvalue weighted by molar-refractivity contribution is 6.65. The summed E-state index contributed by atoms with van der Waals surface area (Å²) in [5.41, 5.74) is 2.67. The molecule has 2 heterocycles. The number of hydrogen-bond donors (Lipinski definition) is 0. The van der Waals surface area contributed by atoms with Gasteiger partial charge < -0.3 is 9.31 Å². The highest BCUT2D eigenvalue weighted by Gasteiger charge is 2.52. The zero-order valence-corrected chi connectivity index (χ0v) is 15.2. The van der Waals surface area contributed by atoms with Gasteiger partial charge in [-0.25, -0.2) is 0 Å². The van der Waals surface area contributed by atoms with Gasteiger partial charge in [0.15, 0.2) is 0 Å². The Labute approximate surface area is 148 Å². The molecule has 0 unspecified atom stereocenters. The third-order valence-electron chi connectivity index (χ3n) is 5.40.